The van der Waals surface area contributed by atoms with Crippen molar-refractivity contribution in [2.24, 2.45) is 0 Å². The van der Waals surface area contributed by atoms with Crippen LogP contribution in [0.5, 0.6) is 0 Å². The molecule has 7 heavy (non-hydrogen) atoms. The van der Waals surface area contributed by atoms with E-state index >= 15 is 0 Å². The molecule has 3 heteroatoms. The summed E-state index contributed by atoms with van der Waals surface area (Å²) < 4.78 is 0. The maximum atomic E-state index is 8.49. The van der Waals surface area contributed by atoms with Crippen LogP contribution in [0.25, 0.3) is 0 Å². The van der Waals surface area contributed by atoms with E-state index in [-0.39, 0.29) is 6.61 Å². The molecule has 1 unspecified atom stereocenters. The fourth-order valence-corrected chi connectivity index (χ4v) is 1.53. The highest BCUT2D eigenvalue weighted by molar-refractivity contribution is 7.99. The van der Waals surface area contributed by atoms with Crippen LogP contribution in [-0.4, -0.2) is 29.4 Å². The average Bonchev–Trinajstić information content (AvgIpc) is 2.14. The normalized spacial score (nSPS) is 31.3. The average molecular weight is 119 g/mol. The molecule has 1 saturated heterocycles. The zero-order valence-corrected chi connectivity index (χ0v) is 4.87. The van der Waals surface area contributed by atoms with E-state index in [1.807, 2.05) is 11.8 Å². The topological polar surface area (TPSA) is 32.3 Å². The van der Waals surface area contributed by atoms with E-state index in [0.717, 1.165) is 11.6 Å². The van der Waals surface area contributed by atoms with Gasteiger partial charge in [0.15, 0.2) is 0 Å². The maximum Gasteiger partial charge on any atom is 0.0592 e. The van der Waals surface area contributed by atoms with E-state index in [0.29, 0.717) is 6.04 Å². The number of aliphatic hydroxyl groups excluding tert-OH is 1. The summed E-state index contributed by atoms with van der Waals surface area (Å²) in [5.74, 6) is 2.07. The molecule has 0 aromatic carbocycles. The van der Waals surface area contributed by atoms with Gasteiger partial charge in [-0.25, -0.2) is 0 Å². The second kappa shape index (κ2) is 2.55. The molecule has 2 nitrogen and oxygen atoms in total. The highest BCUT2D eigenvalue weighted by Crippen LogP contribution is 2.07. The summed E-state index contributed by atoms with van der Waals surface area (Å²) in [6.45, 7) is 0.285. The fourth-order valence-electron chi connectivity index (χ4n) is 0.554. The minimum atomic E-state index is 0.285. The molecule has 1 aliphatic rings. The van der Waals surface area contributed by atoms with Crippen LogP contribution in [0.1, 0.15) is 0 Å². The predicted octanol–water partition coefficient (Wildman–Crippen LogP) is -0.359. The summed E-state index contributed by atoms with van der Waals surface area (Å²) in [6, 6.07) is 0.366. The van der Waals surface area contributed by atoms with E-state index in [1.54, 1.807) is 0 Å². The molecule has 1 fully saturated rings. The molecule has 0 radical (unpaired) electrons. The first-order valence-corrected chi connectivity index (χ1v) is 3.51. The van der Waals surface area contributed by atoms with Crippen LogP contribution >= 0.6 is 11.8 Å². The summed E-state index contributed by atoms with van der Waals surface area (Å²) in [7, 11) is 0. The Morgan fingerprint density at radius 3 is 3.00 bits per heavy atom. The Hall–Kier alpha value is 0.270. The number of hydrogen-bond donors (Lipinski definition) is 2. The molecule has 0 aromatic rings. The monoisotopic (exact) mass is 119 g/mol. The van der Waals surface area contributed by atoms with Crippen molar-refractivity contribution in [3.05, 3.63) is 0 Å². The Bertz CT molecular complexity index is 53.7. The van der Waals surface area contributed by atoms with Crippen molar-refractivity contribution in [3.8, 4) is 0 Å². The van der Waals surface area contributed by atoms with Crippen molar-refractivity contribution in [1.29, 1.82) is 0 Å². The van der Waals surface area contributed by atoms with E-state index in [9.17, 15) is 0 Å². The lowest BCUT2D eigenvalue weighted by molar-refractivity contribution is 0.262. The Morgan fingerprint density at radius 1 is 1.86 bits per heavy atom. The number of rotatable bonds is 1. The molecule has 1 atom stereocenters. The first kappa shape index (κ1) is 5.41. The molecular weight excluding hydrogens is 110 g/mol. The van der Waals surface area contributed by atoms with Crippen LogP contribution < -0.4 is 5.32 Å². The summed E-state index contributed by atoms with van der Waals surface area (Å²) in [4.78, 5) is 0. The van der Waals surface area contributed by atoms with Gasteiger partial charge in [0.1, 0.15) is 0 Å². The Balaban J connectivity index is 2.14. The first-order valence-electron chi connectivity index (χ1n) is 2.35. The minimum Gasteiger partial charge on any atom is -0.395 e. The number of hydrogen-bond acceptors (Lipinski definition) is 3. The molecule has 0 aromatic heterocycles. The molecule has 0 aliphatic carbocycles. The van der Waals surface area contributed by atoms with E-state index < -0.39 is 0 Å². The largest absolute Gasteiger partial charge is 0.395 e. The second-order valence-corrected chi connectivity index (χ2v) is 2.63. The molecule has 0 amide bonds. The number of aliphatic hydroxyl groups is 1. The lowest BCUT2D eigenvalue weighted by atomic mass is 10.4. The van der Waals surface area contributed by atoms with Crippen molar-refractivity contribution in [2.75, 3.05) is 18.2 Å². The van der Waals surface area contributed by atoms with Crippen LogP contribution in [0.15, 0.2) is 0 Å². The van der Waals surface area contributed by atoms with E-state index in [2.05, 4.69) is 5.32 Å². The van der Waals surface area contributed by atoms with Crippen LogP contribution in [0.4, 0.5) is 0 Å². The highest BCUT2D eigenvalue weighted by atomic mass is 32.2. The molecule has 2 N–H and O–H groups in total. The Morgan fingerprint density at radius 2 is 2.71 bits per heavy atom. The van der Waals surface area contributed by atoms with Crippen LogP contribution in [0.2, 0.25) is 0 Å². The van der Waals surface area contributed by atoms with Crippen LogP contribution in [0.3, 0.4) is 0 Å². The summed E-state index contributed by atoms with van der Waals surface area (Å²) >= 11 is 1.84. The zero-order valence-electron chi connectivity index (χ0n) is 4.05. The standard InChI is InChI=1S/C4H9NOS/c6-1-4-2-7-3-5-4/h4-6H,1-3H2. The molecular formula is C4H9NOS. The van der Waals surface area contributed by atoms with Gasteiger partial charge in [-0.15, -0.1) is 11.8 Å². The first-order chi connectivity index (χ1) is 3.43. The fraction of sp³-hybridized carbons (Fsp3) is 1.00. The van der Waals surface area contributed by atoms with Crippen molar-refractivity contribution in [2.45, 2.75) is 6.04 Å². The van der Waals surface area contributed by atoms with Crippen molar-refractivity contribution >= 4 is 11.8 Å². The number of thioether (sulfide) groups is 1. The van der Waals surface area contributed by atoms with Gasteiger partial charge in [0.05, 0.1) is 6.61 Å². The van der Waals surface area contributed by atoms with Gasteiger partial charge in [-0.1, -0.05) is 0 Å². The van der Waals surface area contributed by atoms with Gasteiger partial charge in [0.2, 0.25) is 0 Å². The SMILES string of the molecule is OCC1CSCN1. The highest BCUT2D eigenvalue weighted by Gasteiger charge is 2.11. The van der Waals surface area contributed by atoms with Crippen LogP contribution in [0, 0.1) is 0 Å². The number of nitrogens with one attached hydrogen (secondary N) is 1. The van der Waals surface area contributed by atoms with E-state index in [4.69, 9.17) is 5.11 Å². The third-order valence-electron chi connectivity index (χ3n) is 1.01. The molecule has 42 valence electrons. The maximum absolute atomic E-state index is 8.49. The zero-order chi connectivity index (χ0) is 5.11. The summed E-state index contributed by atoms with van der Waals surface area (Å²) in [5.41, 5.74) is 0. The smallest absolute Gasteiger partial charge is 0.0592 e. The molecule has 0 saturated carbocycles. The van der Waals surface area contributed by atoms with Gasteiger partial charge < -0.3 is 10.4 Å². The molecule has 1 aliphatic heterocycles. The Kier molecular flexibility index (Phi) is 1.97. The van der Waals surface area contributed by atoms with Crippen LogP contribution in [-0.2, 0) is 0 Å². The second-order valence-electron chi connectivity index (χ2n) is 1.60. The van der Waals surface area contributed by atoms with Gasteiger partial charge in [0, 0.05) is 17.7 Å². The molecule has 0 bridgehead atoms. The quantitative estimate of drug-likeness (QED) is 0.494. The van der Waals surface area contributed by atoms with Gasteiger partial charge in [-0.05, 0) is 0 Å². The summed E-state index contributed by atoms with van der Waals surface area (Å²) in [6.07, 6.45) is 0. The third kappa shape index (κ3) is 1.33. The lowest BCUT2D eigenvalue weighted by Crippen LogP contribution is -2.27. The van der Waals surface area contributed by atoms with Gasteiger partial charge in [-0.2, -0.15) is 0 Å². The Labute approximate surface area is 47.3 Å². The van der Waals surface area contributed by atoms with Crippen molar-refractivity contribution in [3.63, 3.8) is 0 Å². The lowest BCUT2D eigenvalue weighted by Gasteiger charge is -2.00. The van der Waals surface area contributed by atoms with Crippen molar-refractivity contribution < 1.29 is 5.11 Å². The van der Waals surface area contributed by atoms with Crippen molar-refractivity contribution in [1.82, 2.24) is 5.32 Å². The van der Waals surface area contributed by atoms with Gasteiger partial charge in [-0.3, -0.25) is 0 Å². The predicted molar refractivity (Wildman–Crippen MR) is 31.3 cm³/mol. The van der Waals surface area contributed by atoms with Gasteiger partial charge >= 0.3 is 0 Å². The molecule has 1 rings (SSSR count). The van der Waals surface area contributed by atoms with E-state index in [1.165, 1.54) is 0 Å². The molecule has 0 spiro atoms. The minimum absolute atomic E-state index is 0.285. The molecule has 1 heterocycles. The van der Waals surface area contributed by atoms with Gasteiger partial charge in [0.25, 0.3) is 0 Å². The third-order valence-corrected chi connectivity index (χ3v) is 2.02. The summed E-state index contributed by atoms with van der Waals surface area (Å²) in [5, 5.41) is 11.6.